The van der Waals surface area contributed by atoms with Crippen molar-refractivity contribution in [2.75, 3.05) is 0 Å². The number of fused-ring (bicyclic) bond motifs is 3. The van der Waals surface area contributed by atoms with Gasteiger partial charge in [0.1, 0.15) is 0 Å². The molecule has 18 heavy (non-hydrogen) atoms. The maximum absolute atomic E-state index is 10.7. The monoisotopic (exact) mass is 244 g/mol. The van der Waals surface area contributed by atoms with E-state index in [0.717, 1.165) is 25.7 Å². The van der Waals surface area contributed by atoms with Gasteiger partial charge >= 0.3 is 0 Å². The van der Waals surface area contributed by atoms with Crippen LogP contribution in [0.3, 0.4) is 0 Å². The first-order chi connectivity index (χ1) is 8.43. The van der Waals surface area contributed by atoms with Crippen molar-refractivity contribution in [3.05, 3.63) is 34.9 Å². The Morgan fingerprint density at radius 2 is 2.00 bits per heavy atom. The first-order valence-corrected chi connectivity index (χ1v) is 7.26. The van der Waals surface area contributed by atoms with Crippen molar-refractivity contribution >= 4 is 0 Å². The normalized spacial score (nSPS) is 39.0. The van der Waals surface area contributed by atoms with Gasteiger partial charge in [-0.05, 0) is 68.4 Å². The van der Waals surface area contributed by atoms with Gasteiger partial charge in [-0.3, -0.25) is 0 Å². The minimum atomic E-state index is -0.477. The summed E-state index contributed by atoms with van der Waals surface area (Å²) in [7, 11) is 0. The fraction of sp³-hybridized carbons (Fsp3) is 0.647. The highest BCUT2D eigenvalue weighted by atomic mass is 16.3. The third kappa shape index (κ3) is 1.64. The maximum Gasteiger partial charge on any atom is 0.0656 e. The van der Waals surface area contributed by atoms with Gasteiger partial charge in [0, 0.05) is 0 Å². The van der Waals surface area contributed by atoms with Crippen LogP contribution in [0.15, 0.2) is 18.2 Å². The molecule has 0 aromatic heterocycles. The van der Waals surface area contributed by atoms with Crippen LogP contribution < -0.4 is 0 Å². The lowest BCUT2D eigenvalue weighted by atomic mass is 9.53. The van der Waals surface area contributed by atoms with Gasteiger partial charge in [0.15, 0.2) is 0 Å². The van der Waals surface area contributed by atoms with E-state index in [1.165, 1.54) is 23.1 Å². The Bertz CT molecular complexity index is 474. The number of aliphatic hydroxyl groups is 1. The molecule has 0 unspecified atom stereocenters. The summed E-state index contributed by atoms with van der Waals surface area (Å²) in [5.74, 6) is 0.425. The van der Waals surface area contributed by atoms with Crippen LogP contribution in [-0.2, 0) is 11.8 Å². The molecule has 0 amide bonds. The van der Waals surface area contributed by atoms with Gasteiger partial charge in [-0.2, -0.15) is 0 Å². The van der Waals surface area contributed by atoms with Crippen molar-refractivity contribution < 1.29 is 5.11 Å². The third-order valence-electron chi connectivity index (χ3n) is 5.48. The number of hydrogen-bond acceptors (Lipinski definition) is 1. The number of benzene rings is 1. The van der Waals surface area contributed by atoms with Crippen LogP contribution in [0.1, 0.15) is 56.2 Å². The molecule has 3 atom stereocenters. The molecule has 3 rings (SSSR count). The Labute approximate surface area is 110 Å². The molecule has 1 nitrogen and oxygen atoms in total. The number of hydrogen-bond donors (Lipinski definition) is 1. The van der Waals surface area contributed by atoms with E-state index in [4.69, 9.17) is 0 Å². The van der Waals surface area contributed by atoms with Gasteiger partial charge in [0.2, 0.25) is 0 Å². The summed E-state index contributed by atoms with van der Waals surface area (Å²) >= 11 is 0. The molecule has 2 aliphatic rings. The quantitative estimate of drug-likeness (QED) is 0.737. The lowest BCUT2D eigenvalue weighted by molar-refractivity contribution is -0.0748. The van der Waals surface area contributed by atoms with Crippen molar-refractivity contribution in [2.24, 2.45) is 5.92 Å². The van der Waals surface area contributed by atoms with E-state index in [-0.39, 0.29) is 5.41 Å². The lowest BCUT2D eigenvalue weighted by Crippen LogP contribution is -2.52. The zero-order valence-corrected chi connectivity index (χ0v) is 11.8. The zero-order valence-electron chi connectivity index (χ0n) is 11.8. The SMILES string of the molecule is Cc1ccc2c(c1)CC[C@H]1[C@](C)(O)CCC[C@]21C. The fourth-order valence-electron chi connectivity index (χ4n) is 4.59. The first-order valence-electron chi connectivity index (χ1n) is 7.26. The topological polar surface area (TPSA) is 20.2 Å². The Balaban J connectivity index is 2.11. The summed E-state index contributed by atoms with van der Waals surface area (Å²) in [5.41, 5.74) is 4.09. The molecule has 1 aromatic carbocycles. The van der Waals surface area contributed by atoms with Crippen molar-refractivity contribution in [2.45, 2.75) is 63.9 Å². The molecule has 98 valence electrons. The van der Waals surface area contributed by atoms with E-state index in [1.807, 2.05) is 6.92 Å². The largest absolute Gasteiger partial charge is 0.390 e. The van der Waals surface area contributed by atoms with Crippen LogP contribution in [-0.4, -0.2) is 10.7 Å². The van der Waals surface area contributed by atoms with Crippen LogP contribution in [0.5, 0.6) is 0 Å². The molecule has 0 heterocycles. The Kier molecular flexibility index (Phi) is 2.60. The Morgan fingerprint density at radius 1 is 1.22 bits per heavy atom. The maximum atomic E-state index is 10.7. The molecule has 0 saturated heterocycles. The van der Waals surface area contributed by atoms with Crippen molar-refractivity contribution in [3.8, 4) is 0 Å². The molecule has 0 spiro atoms. The molecule has 1 fully saturated rings. The van der Waals surface area contributed by atoms with Gasteiger partial charge in [0.05, 0.1) is 5.60 Å². The van der Waals surface area contributed by atoms with Crippen LogP contribution in [0.25, 0.3) is 0 Å². The molecule has 1 heteroatoms. The summed E-state index contributed by atoms with van der Waals surface area (Å²) < 4.78 is 0. The van der Waals surface area contributed by atoms with E-state index >= 15 is 0 Å². The Hall–Kier alpha value is -0.820. The minimum Gasteiger partial charge on any atom is -0.390 e. The summed E-state index contributed by atoms with van der Waals surface area (Å²) in [5, 5.41) is 10.7. The second kappa shape index (κ2) is 3.84. The second-order valence-electron chi connectivity index (χ2n) is 6.88. The average molecular weight is 244 g/mol. The first kappa shape index (κ1) is 12.2. The molecule has 2 aliphatic carbocycles. The third-order valence-corrected chi connectivity index (χ3v) is 5.48. The summed E-state index contributed by atoms with van der Waals surface area (Å²) in [4.78, 5) is 0. The molecular weight excluding hydrogens is 220 g/mol. The van der Waals surface area contributed by atoms with E-state index in [9.17, 15) is 5.11 Å². The molecule has 1 N–H and O–H groups in total. The zero-order chi connectivity index (χ0) is 13.0. The molecule has 1 aromatic rings. The van der Waals surface area contributed by atoms with Crippen LogP contribution >= 0.6 is 0 Å². The molecule has 1 saturated carbocycles. The predicted octanol–water partition coefficient (Wildman–Crippen LogP) is 3.75. The van der Waals surface area contributed by atoms with Crippen LogP contribution in [0.4, 0.5) is 0 Å². The Morgan fingerprint density at radius 3 is 2.78 bits per heavy atom. The van der Waals surface area contributed by atoms with E-state index < -0.39 is 5.60 Å². The summed E-state index contributed by atoms with van der Waals surface area (Å²) in [6, 6.07) is 6.90. The predicted molar refractivity (Wildman–Crippen MR) is 74.8 cm³/mol. The standard InChI is InChI=1S/C17H24O/c1-12-5-7-14-13(11-12)6-8-15-16(14,2)9-4-10-17(15,3)18/h5,7,11,15,18H,4,6,8-10H2,1-3H3/t15-,16-,17-/m1/s1. The fourth-order valence-corrected chi connectivity index (χ4v) is 4.59. The summed E-state index contributed by atoms with van der Waals surface area (Å²) in [6.45, 7) is 6.60. The summed E-state index contributed by atoms with van der Waals surface area (Å²) in [6.07, 6.45) is 5.61. The van der Waals surface area contributed by atoms with Gasteiger partial charge < -0.3 is 5.11 Å². The highest BCUT2D eigenvalue weighted by Crippen LogP contribution is 2.53. The average Bonchev–Trinajstić information content (AvgIpc) is 2.27. The highest BCUT2D eigenvalue weighted by molar-refractivity contribution is 5.41. The van der Waals surface area contributed by atoms with Gasteiger partial charge in [-0.25, -0.2) is 0 Å². The van der Waals surface area contributed by atoms with Gasteiger partial charge in [-0.15, -0.1) is 0 Å². The lowest BCUT2D eigenvalue weighted by Gasteiger charge is -2.53. The van der Waals surface area contributed by atoms with Crippen molar-refractivity contribution in [3.63, 3.8) is 0 Å². The molecule has 0 bridgehead atoms. The van der Waals surface area contributed by atoms with Crippen molar-refractivity contribution in [1.29, 1.82) is 0 Å². The second-order valence-corrected chi connectivity index (χ2v) is 6.88. The minimum absolute atomic E-state index is 0.184. The molecular formula is C17H24O. The molecule has 0 radical (unpaired) electrons. The van der Waals surface area contributed by atoms with E-state index in [1.54, 1.807) is 0 Å². The highest BCUT2D eigenvalue weighted by Gasteiger charge is 2.50. The van der Waals surface area contributed by atoms with Crippen molar-refractivity contribution in [1.82, 2.24) is 0 Å². The van der Waals surface area contributed by atoms with Gasteiger partial charge in [0.25, 0.3) is 0 Å². The smallest absolute Gasteiger partial charge is 0.0656 e. The number of rotatable bonds is 0. The number of aryl methyl sites for hydroxylation is 2. The van der Waals surface area contributed by atoms with E-state index in [0.29, 0.717) is 5.92 Å². The van der Waals surface area contributed by atoms with Gasteiger partial charge in [-0.1, -0.05) is 30.7 Å². The van der Waals surface area contributed by atoms with Crippen LogP contribution in [0.2, 0.25) is 0 Å². The molecule has 0 aliphatic heterocycles. The van der Waals surface area contributed by atoms with Crippen LogP contribution in [0, 0.1) is 12.8 Å². The van der Waals surface area contributed by atoms with E-state index in [2.05, 4.69) is 32.0 Å².